The number of fused-ring (bicyclic) bond motifs is 2. The van der Waals surface area contributed by atoms with Crippen LogP contribution in [0.1, 0.15) is 25.7 Å². The van der Waals surface area contributed by atoms with Crippen molar-refractivity contribution in [1.29, 1.82) is 0 Å². The fourth-order valence-electron chi connectivity index (χ4n) is 2.82. The number of amides is 1. The first-order valence-corrected chi connectivity index (χ1v) is 5.59. The summed E-state index contributed by atoms with van der Waals surface area (Å²) in [5.74, 6) is 0. The molecule has 0 radical (unpaired) electrons. The van der Waals surface area contributed by atoms with Crippen molar-refractivity contribution in [3.05, 3.63) is 12.7 Å². The molecule has 2 rings (SSSR count). The Hall–Kier alpha value is -1.03. The van der Waals surface area contributed by atoms with E-state index in [0.717, 1.165) is 32.2 Å². The molecule has 0 unspecified atom stereocenters. The summed E-state index contributed by atoms with van der Waals surface area (Å²) in [7, 11) is 0. The van der Waals surface area contributed by atoms with Crippen LogP contribution in [0.2, 0.25) is 0 Å². The smallest absolute Gasteiger partial charge is 0.407 e. The minimum absolute atomic E-state index is 0.182. The van der Waals surface area contributed by atoms with Crippen molar-refractivity contribution in [1.82, 2.24) is 10.2 Å². The van der Waals surface area contributed by atoms with E-state index in [1.807, 2.05) is 6.08 Å². The number of hydrogen-bond donors (Lipinski definition) is 2. The molecule has 2 fully saturated rings. The summed E-state index contributed by atoms with van der Waals surface area (Å²) in [5.41, 5.74) is 0. The van der Waals surface area contributed by atoms with Crippen LogP contribution in [0.4, 0.5) is 4.79 Å². The van der Waals surface area contributed by atoms with Crippen LogP contribution in [0.15, 0.2) is 12.7 Å². The second-order valence-electron chi connectivity index (χ2n) is 4.37. The molecule has 15 heavy (non-hydrogen) atoms. The van der Waals surface area contributed by atoms with Crippen LogP contribution < -0.4 is 5.32 Å². The molecule has 2 heterocycles. The normalized spacial score (nSPS) is 34.1. The van der Waals surface area contributed by atoms with E-state index < -0.39 is 6.09 Å². The average molecular weight is 210 g/mol. The highest BCUT2D eigenvalue weighted by atomic mass is 16.4. The van der Waals surface area contributed by atoms with Gasteiger partial charge >= 0.3 is 6.09 Å². The molecule has 2 aliphatic heterocycles. The van der Waals surface area contributed by atoms with Crippen molar-refractivity contribution in [3.63, 3.8) is 0 Å². The molecule has 0 aromatic heterocycles. The van der Waals surface area contributed by atoms with E-state index >= 15 is 0 Å². The Morgan fingerprint density at radius 3 is 3.07 bits per heavy atom. The maximum Gasteiger partial charge on any atom is 0.407 e. The number of rotatable bonds is 3. The van der Waals surface area contributed by atoms with Gasteiger partial charge in [-0.3, -0.25) is 4.90 Å². The van der Waals surface area contributed by atoms with Crippen LogP contribution >= 0.6 is 0 Å². The zero-order valence-electron chi connectivity index (χ0n) is 8.85. The molecule has 2 N–H and O–H groups in total. The number of nitrogens with zero attached hydrogens (tertiary/aromatic N) is 1. The topological polar surface area (TPSA) is 52.6 Å². The number of piperazine rings is 1. The van der Waals surface area contributed by atoms with Gasteiger partial charge < -0.3 is 10.4 Å². The third-order valence-corrected chi connectivity index (χ3v) is 3.53. The fraction of sp³-hybridized carbons (Fsp3) is 0.727. The largest absolute Gasteiger partial charge is 0.465 e. The Kier molecular flexibility index (Phi) is 2.95. The number of nitrogens with one attached hydrogen (secondary N) is 1. The average Bonchev–Trinajstić information content (AvgIpc) is 2.53. The summed E-state index contributed by atoms with van der Waals surface area (Å²) in [4.78, 5) is 12.8. The molecule has 2 saturated heterocycles. The first-order valence-electron chi connectivity index (χ1n) is 5.59. The summed E-state index contributed by atoms with van der Waals surface area (Å²) < 4.78 is 0. The molecular formula is C11H18N2O2. The van der Waals surface area contributed by atoms with Gasteiger partial charge in [-0.1, -0.05) is 6.08 Å². The number of carbonyl (C=O) groups is 1. The molecule has 2 aliphatic rings. The van der Waals surface area contributed by atoms with Crippen molar-refractivity contribution in [2.24, 2.45) is 0 Å². The van der Waals surface area contributed by atoms with Crippen molar-refractivity contribution >= 4 is 6.09 Å². The summed E-state index contributed by atoms with van der Waals surface area (Å²) in [6, 6.07) is 0.700. The van der Waals surface area contributed by atoms with Crippen LogP contribution in [0, 0.1) is 0 Å². The van der Waals surface area contributed by atoms with E-state index in [4.69, 9.17) is 5.11 Å². The fourth-order valence-corrected chi connectivity index (χ4v) is 2.82. The van der Waals surface area contributed by atoms with E-state index in [9.17, 15) is 4.79 Å². The van der Waals surface area contributed by atoms with Crippen LogP contribution in [-0.2, 0) is 0 Å². The highest BCUT2D eigenvalue weighted by molar-refractivity contribution is 5.66. The predicted octanol–water partition coefficient (Wildman–Crippen LogP) is 1.44. The van der Waals surface area contributed by atoms with Crippen LogP contribution in [0.5, 0.6) is 0 Å². The van der Waals surface area contributed by atoms with Crippen molar-refractivity contribution in [3.8, 4) is 0 Å². The van der Waals surface area contributed by atoms with Gasteiger partial charge in [0.25, 0.3) is 0 Å². The molecule has 1 amide bonds. The molecule has 4 heteroatoms. The molecule has 3 atom stereocenters. The standard InChI is InChI=1S/C11H18N2O2/c1-2-3-4-9-10-6-5-8(7-12-9)13(10)11(14)15/h2,8-10,12H,1,3-7H2,(H,14,15)/t8-,9+,10+/m1/s1. The molecule has 84 valence electrons. The van der Waals surface area contributed by atoms with Gasteiger partial charge in [0.05, 0.1) is 6.04 Å². The third kappa shape index (κ3) is 1.86. The van der Waals surface area contributed by atoms with Crippen LogP contribution in [-0.4, -0.2) is 40.8 Å². The highest BCUT2D eigenvalue weighted by Crippen LogP contribution is 2.31. The van der Waals surface area contributed by atoms with Crippen molar-refractivity contribution < 1.29 is 9.90 Å². The van der Waals surface area contributed by atoms with Gasteiger partial charge in [-0.05, 0) is 25.7 Å². The van der Waals surface area contributed by atoms with Crippen LogP contribution in [0.3, 0.4) is 0 Å². The van der Waals surface area contributed by atoms with Gasteiger partial charge in [-0.15, -0.1) is 6.58 Å². The summed E-state index contributed by atoms with van der Waals surface area (Å²) in [5, 5.41) is 12.6. The molecule has 4 nitrogen and oxygen atoms in total. The van der Waals surface area contributed by atoms with E-state index in [2.05, 4.69) is 11.9 Å². The lowest BCUT2D eigenvalue weighted by Crippen LogP contribution is -2.59. The second kappa shape index (κ2) is 4.23. The molecule has 0 aromatic carbocycles. The lowest BCUT2D eigenvalue weighted by molar-refractivity contribution is 0.0897. The molecule has 0 aromatic rings. The quantitative estimate of drug-likeness (QED) is 0.693. The Balaban J connectivity index is 2.04. The highest BCUT2D eigenvalue weighted by Gasteiger charge is 2.44. The molecular weight excluding hydrogens is 192 g/mol. The van der Waals surface area contributed by atoms with E-state index in [1.165, 1.54) is 0 Å². The van der Waals surface area contributed by atoms with Crippen molar-refractivity contribution in [2.45, 2.75) is 43.8 Å². The Labute approximate surface area is 90.0 Å². The Morgan fingerprint density at radius 1 is 1.60 bits per heavy atom. The van der Waals surface area contributed by atoms with E-state index in [1.54, 1.807) is 4.90 Å². The maximum absolute atomic E-state index is 11.1. The van der Waals surface area contributed by atoms with Gasteiger partial charge in [-0.25, -0.2) is 4.79 Å². The predicted molar refractivity (Wildman–Crippen MR) is 57.9 cm³/mol. The second-order valence-corrected chi connectivity index (χ2v) is 4.37. The Bertz CT molecular complexity index is 267. The van der Waals surface area contributed by atoms with Gasteiger partial charge in [0, 0.05) is 18.6 Å². The van der Waals surface area contributed by atoms with Crippen molar-refractivity contribution in [2.75, 3.05) is 6.54 Å². The Morgan fingerprint density at radius 2 is 2.40 bits per heavy atom. The van der Waals surface area contributed by atoms with E-state index in [0.29, 0.717) is 6.04 Å². The lowest BCUT2D eigenvalue weighted by Gasteiger charge is -2.39. The van der Waals surface area contributed by atoms with Gasteiger partial charge in [0.2, 0.25) is 0 Å². The minimum atomic E-state index is -0.757. The molecule has 2 bridgehead atoms. The molecule has 0 spiro atoms. The van der Waals surface area contributed by atoms with Crippen LogP contribution in [0.25, 0.3) is 0 Å². The van der Waals surface area contributed by atoms with Gasteiger partial charge in [0.15, 0.2) is 0 Å². The molecule has 0 saturated carbocycles. The zero-order valence-corrected chi connectivity index (χ0v) is 8.85. The summed E-state index contributed by atoms with van der Waals surface area (Å²) in [6.45, 7) is 4.51. The number of hydrogen-bond acceptors (Lipinski definition) is 2. The SMILES string of the molecule is C=CCC[C@@H]1NC[C@H]2CC[C@@H]1N2C(=O)O. The molecule has 0 aliphatic carbocycles. The summed E-state index contributed by atoms with van der Waals surface area (Å²) >= 11 is 0. The zero-order chi connectivity index (χ0) is 10.8. The van der Waals surface area contributed by atoms with Gasteiger partial charge in [0.1, 0.15) is 0 Å². The lowest BCUT2D eigenvalue weighted by atomic mass is 10.0. The first kappa shape index (κ1) is 10.5. The minimum Gasteiger partial charge on any atom is -0.465 e. The number of carboxylic acid groups (broad SMARTS) is 1. The van der Waals surface area contributed by atoms with E-state index in [-0.39, 0.29) is 12.1 Å². The third-order valence-electron chi connectivity index (χ3n) is 3.53. The first-order chi connectivity index (χ1) is 7.24. The van der Waals surface area contributed by atoms with Gasteiger partial charge in [-0.2, -0.15) is 0 Å². The number of allylic oxidation sites excluding steroid dienone is 1. The monoisotopic (exact) mass is 210 g/mol. The maximum atomic E-state index is 11.1. The summed E-state index contributed by atoms with van der Waals surface area (Å²) in [6.07, 6.45) is 5.10.